The number of carbonyl (C=O) groups excluding carboxylic acids is 1. The second kappa shape index (κ2) is 7.08. The largest absolute Gasteiger partial charge is 0.339 e. The SMILES string of the molecule is Cc1ccccc1Nc1nc(Nc2ccccc2)nc2c1C(=O)CC(C)(C)C2. The Kier molecular flexibility index (Phi) is 4.59. The summed E-state index contributed by atoms with van der Waals surface area (Å²) in [4.78, 5) is 22.3. The number of hydrogen-bond donors (Lipinski definition) is 2. The molecule has 1 aliphatic rings. The first-order valence-electron chi connectivity index (χ1n) is 9.50. The molecule has 1 aromatic heterocycles. The van der Waals surface area contributed by atoms with E-state index in [4.69, 9.17) is 4.98 Å². The quantitative estimate of drug-likeness (QED) is 0.639. The van der Waals surface area contributed by atoms with Crippen molar-refractivity contribution in [3.8, 4) is 0 Å². The maximum atomic E-state index is 12.9. The maximum Gasteiger partial charge on any atom is 0.229 e. The summed E-state index contributed by atoms with van der Waals surface area (Å²) in [5.74, 6) is 1.15. The van der Waals surface area contributed by atoms with Crippen LogP contribution in [0.3, 0.4) is 0 Å². The number of rotatable bonds is 4. The van der Waals surface area contributed by atoms with Crippen molar-refractivity contribution < 1.29 is 4.79 Å². The average molecular weight is 372 g/mol. The number of para-hydroxylation sites is 2. The van der Waals surface area contributed by atoms with Gasteiger partial charge in [-0.25, -0.2) is 4.98 Å². The first-order chi connectivity index (χ1) is 13.4. The summed E-state index contributed by atoms with van der Waals surface area (Å²) in [5, 5.41) is 6.64. The van der Waals surface area contributed by atoms with Crippen LogP contribution < -0.4 is 10.6 Å². The van der Waals surface area contributed by atoms with Gasteiger partial charge in [-0.05, 0) is 42.5 Å². The Bertz CT molecular complexity index is 1030. The van der Waals surface area contributed by atoms with Crippen LogP contribution >= 0.6 is 0 Å². The van der Waals surface area contributed by atoms with Crippen LogP contribution in [0, 0.1) is 12.3 Å². The van der Waals surface area contributed by atoms with E-state index in [2.05, 4.69) is 29.5 Å². The van der Waals surface area contributed by atoms with E-state index in [0.29, 0.717) is 23.8 Å². The van der Waals surface area contributed by atoms with Crippen molar-refractivity contribution in [3.05, 3.63) is 71.4 Å². The Balaban J connectivity index is 1.79. The molecule has 1 heterocycles. The van der Waals surface area contributed by atoms with E-state index in [-0.39, 0.29) is 11.2 Å². The van der Waals surface area contributed by atoms with Gasteiger partial charge < -0.3 is 10.6 Å². The number of nitrogens with one attached hydrogen (secondary N) is 2. The van der Waals surface area contributed by atoms with Gasteiger partial charge in [-0.15, -0.1) is 0 Å². The minimum absolute atomic E-state index is 0.0913. The number of nitrogens with zero attached hydrogens (tertiary/aromatic N) is 2. The first kappa shape index (κ1) is 18.2. The van der Waals surface area contributed by atoms with Crippen LogP contribution in [0.15, 0.2) is 54.6 Å². The molecule has 0 fully saturated rings. The van der Waals surface area contributed by atoms with Crippen molar-refractivity contribution in [2.75, 3.05) is 10.6 Å². The van der Waals surface area contributed by atoms with E-state index < -0.39 is 0 Å². The van der Waals surface area contributed by atoms with Gasteiger partial charge in [-0.3, -0.25) is 4.79 Å². The molecule has 0 radical (unpaired) electrons. The summed E-state index contributed by atoms with van der Waals surface area (Å²) in [6, 6.07) is 17.8. The van der Waals surface area contributed by atoms with E-state index in [1.165, 1.54) is 0 Å². The monoisotopic (exact) mass is 372 g/mol. The number of carbonyl (C=O) groups is 1. The third kappa shape index (κ3) is 3.74. The number of fused-ring (bicyclic) bond motifs is 1. The minimum Gasteiger partial charge on any atom is -0.339 e. The van der Waals surface area contributed by atoms with E-state index in [9.17, 15) is 4.79 Å². The number of Topliss-reactive ketones (excluding diaryl/α,β-unsaturated/α-hetero) is 1. The summed E-state index contributed by atoms with van der Waals surface area (Å²) in [5.41, 5.74) is 4.24. The molecule has 3 aromatic rings. The second-order valence-electron chi connectivity index (χ2n) is 8.09. The molecule has 0 bridgehead atoms. The lowest BCUT2D eigenvalue weighted by Crippen LogP contribution is -2.29. The van der Waals surface area contributed by atoms with Gasteiger partial charge in [-0.2, -0.15) is 4.98 Å². The Morgan fingerprint density at radius 3 is 2.36 bits per heavy atom. The fourth-order valence-corrected chi connectivity index (χ4v) is 3.60. The van der Waals surface area contributed by atoms with E-state index in [1.807, 2.05) is 61.5 Å². The number of ketones is 1. The highest BCUT2D eigenvalue weighted by molar-refractivity contribution is 6.03. The average Bonchev–Trinajstić information content (AvgIpc) is 2.63. The molecule has 2 aromatic carbocycles. The van der Waals surface area contributed by atoms with Gasteiger partial charge in [0.25, 0.3) is 0 Å². The summed E-state index contributed by atoms with van der Waals surface area (Å²) in [6.45, 7) is 6.24. The number of aryl methyl sites for hydroxylation is 1. The summed E-state index contributed by atoms with van der Waals surface area (Å²) in [6.07, 6.45) is 1.24. The Hall–Kier alpha value is -3.21. The lowest BCUT2D eigenvalue weighted by molar-refractivity contribution is 0.0911. The molecule has 0 spiro atoms. The topological polar surface area (TPSA) is 66.9 Å². The molecule has 0 saturated carbocycles. The molecule has 142 valence electrons. The van der Waals surface area contributed by atoms with Crippen LogP contribution in [0.2, 0.25) is 0 Å². The lowest BCUT2D eigenvalue weighted by atomic mass is 9.75. The number of aromatic nitrogens is 2. The van der Waals surface area contributed by atoms with Gasteiger partial charge in [0.2, 0.25) is 5.95 Å². The van der Waals surface area contributed by atoms with Crippen LogP contribution in [0.4, 0.5) is 23.1 Å². The van der Waals surface area contributed by atoms with Crippen LogP contribution in [0.1, 0.15) is 41.9 Å². The third-order valence-corrected chi connectivity index (χ3v) is 4.98. The van der Waals surface area contributed by atoms with Crippen LogP contribution in [0.5, 0.6) is 0 Å². The molecule has 28 heavy (non-hydrogen) atoms. The highest BCUT2D eigenvalue weighted by Gasteiger charge is 2.35. The van der Waals surface area contributed by atoms with Gasteiger partial charge in [0.1, 0.15) is 5.82 Å². The van der Waals surface area contributed by atoms with Crippen LogP contribution in [-0.2, 0) is 6.42 Å². The van der Waals surface area contributed by atoms with Crippen molar-refractivity contribution >= 4 is 28.9 Å². The number of benzene rings is 2. The molecule has 5 heteroatoms. The molecule has 0 aliphatic heterocycles. The Morgan fingerprint density at radius 2 is 1.61 bits per heavy atom. The molecule has 4 rings (SSSR count). The van der Waals surface area contributed by atoms with E-state index >= 15 is 0 Å². The predicted molar refractivity (Wildman–Crippen MR) is 113 cm³/mol. The summed E-state index contributed by atoms with van der Waals surface area (Å²) >= 11 is 0. The number of anilines is 4. The summed E-state index contributed by atoms with van der Waals surface area (Å²) in [7, 11) is 0. The first-order valence-corrected chi connectivity index (χ1v) is 9.50. The summed E-state index contributed by atoms with van der Waals surface area (Å²) < 4.78 is 0. The van der Waals surface area contributed by atoms with E-state index in [1.54, 1.807) is 0 Å². The van der Waals surface area contributed by atoms with Crippen LogP contribution in [0.25, 0.3) is 0 Å². The fourth-order valence-electron chi connectivity index (χ4n) is 3.60. The lowest BCUT2D eigenvalue weighted by Gasteiger charge is -2.30. The number of hydrogen-bond acceptors (Lipinski definition) is 5. The van der Waals surface area contributed by atoms with Gasteiger partial charge in [-0.1, -0.05) is 50.2 Å². The zero-order valence-electron chi connectivity index (χ0n) is 16.4. The molecule has 0 amide bonds. The fraction of sp³-hybridized carbons (Fsp3) is 0.261. The van der Waals surface area contributed by atoms with Crippen molar-refractivity contribution in [1.29, 1.82) is 0 Å². The zero-order chi connectivity index (χ0) is 19.7. The molecule has 1 aliphatic carbocycles. The molecular weight excluding hydrogens is 348 g/mol. The van der Waals surface area contributed by atoms with Crippen molar-refractivity contribution in [3.63, 3.8) is 0 Å². The molecule has 2 N–H and O–H groups in total. The molecule has 0 unspecified atom stereocenters. The van der Waals surface area contributed by atoms with Crippen LogP contribution in [-0.4, -0.2) is 15.8 Å². The van der Waals surface area contributed by atoms with Gasteiger partial charge in [0.15, 0.2) is 5.78 Å². The standard InChI is InChI=1S/C23H24N4O/c1-15-9-7-8-12-17(15)25-21-20-18(13-23(2,3)14-19(20)28)26-22(27-21)24-16-10-5-4-6-11-16/h4-12H,13-14H2,1-3H3,(H2,24,25,26,27). The maximum absolute atomic E-state index is 12.9. The van der Waals surface area contributed by atoms with Gasteiger partial charge in [0, 0.05) is 17.8 Å². The van der Waals surface area contributed by atoms with Crippen molar-refractivity contribution in [2.45, 2.75) is 33.6 Å². The molecule has 0 saturated heterocycles. The third-order valence-electron chi connectivity index (χ3n) is 4.98. The minimum atomic E-state index is -0.109. The van der Waals surface area contributed by atoms with Gasteiger partial charge in [0.05, 0.1) is 11.3 Å². The van der Waals surface area contributed by atoms with Crippen molar-refractivity contribution in [2.24, 2.45) is 5.41 Å². The predicted octanol–water partition coefficient (Wildman–Crippen LogP) is 5.43. The highest BCUT2D eigenvalue weighted by atomic mass is 16.1. The zero-order valence-corrected chi connectivity index (χ0v) is 16.4. The Morgan fingerprint density at radius 1 is 0.893 bits per heavy atom. The van der Waals surface area contributed by atoms with Gasteiger partial charge >= 0.3 is 0 Å². The van der Waals surface area contributed by atoms with Crippen molar-refractivity contribution in [1.82, 2.24) is 9.97 Å². The molecule has 5 nitrogen and oxygen atoms in total. The highest BCUT2D eigenvalue weighted by Crippen LogP contribution is 2.38. The normalized spacial score (nSPS) is 15.0. The second-order valence-corrected chi connectivity index (χ2v) is 8.09. The smallest absolute Gasteiger partial charge is 0.229 e. The Labute approximate surface area is 165 Å². The molecule has 0 atom stereocenters. The van der Waals surface area contributed by atoms with E-state index in [0.717, 1.165) is 29.1 Å². The molecular formula is C23H24N4O.